The maximum Gasteiger partial charge on any atom is 0.337 e. The summed E-state index contributed by atoms with van der Waals surface area (Å²) in [6.45, 7) is 2.01. The minimum atomic E-state index is -1.01. The van der Waals surface area contributed by atoms with Gasteiger partial charge < -0.3 is 5.11 Å². The molecule has 4 nitrogen and oxygen atoms in total. The molecule has 0 spiro atoms. The van der Waals surface area contributed by atoms with Crippen LogP contribution in [0.3, 0.4) is 0 Å². The Kier molecular flexibility index (Phi) is 3.45. The molecule has 0 saturated heterocycles. The van der Waals surface area contributed by atoms with Crippen LogP contribution in [0.25, 0.3) is 0 Å². The molecule has 0 fully saturated rings. The van der Waals surface area contributed by atoms with E-state index in [0.717, 1.165) is 12.8 Å². The van der Waals surface area contributed by atoms with Gasteiger partial charge in [-0.3, -0.25) is 9.36 Å². The summed E-state index contributed by atoms with van der Waals surface area (Å²) in [5.74, 6) is -1.06. The van der Waals surface area contributed by atoms with Gasteiger partial charge in [-0.2, -0.15) is 0 Å². The Morgan fingerprint density at radius 3 is 2.71 bits per heavy atom. The predicted molar refractivity (Wildman–Crippen MR) is 51.5 cm³/mol. The third kappa shape index (κ3) is 2.45. The van der Waals surface area contributed by atoms with Crippen LogP contribution in [0, 0.1) is 0 Å². The quantitative estimate of drug-likeness (QED) is 0.799. The van der Waals surface area contributed by atoms with Gasteiger partial charge in [-0.05, 0) is 12.5 Å². The molecule has 0 atom stereocenters. The van der Waals surface area contributed by atoms with E-state index in [2.05, 4.69) is 0 Å². The number of carboxylic acid groups (broad SMARTS) is 1. The number of hydrogen-bond acceptors (Lipinski definition) is 2. The van der Waals surface area contributed by atoms with E-state index < -0.39 is 5.97 Å². The van der Waals surface area contributed by atoms with Crippen molar-refractivity contribution in [1.82, 2.24) is 4.57 Å². The van der Waals surface area contributed by atoms with Crippen LogP contribution in [0.4, 0.5) is 0 Å². The van der Waals surface area contributed by atoms with Crippen molar-refractivity contribution in [3.63, 3.8) is 0 Å². The van der Waals surface area contributed by atoms with Gasteiger partial charge in [0.05, 0.1) is 5.56 Å². The SMILES string of the molecule is CCCCC(=O)n1ccc(C(=O)O)c1. The smallest absolute Gasteiger partial charge is 0.337 e. The number of unbranched alkanes of at least 4 members (excludes halogenated alkanes) is 1. The van der Waals surface area contributed by atoms with Gasteiger partial charge in [0.25, 0.3) is 0 Å². The fraction of sp³-hybridized carbons (Fsp3) is 0.400. The first-order chi connectivity index (χ1) is 6.65. The van der Waals surface area contributed by atoms with Gasteiger partial charge in [-0.15, -0.1) is 0 Å². The van der Waals surface area contributed by atoms with E-state index in [1.165, 1.54) is 23.0 Å². The van der Waals surface area contributed by atoms with E-state index in [-0.39, 0.29) is 11.5 Å². The maximum atomic E-state index is 11.4. The molecule has 0 saturated carbocycles. The standard InChI is InChI=1S/C10H13NO3/c1-2-3-4-9(12)11-6-5-8(7-11)10(13)14/h5-7H,2-4H2,1H3,(H,13,14). The Hall–Kier alpha value is -1.58. The highest BCUT2D eigenvalue weighted by Gasteiger charge is 2.08. The maximum absolute atomic E-state index is 11.4. The Labute approximate surface area is 82.2 Å². The highest BCUT2D eigenvalue weighted by molar-refractivity contribution is 5.89. The van der Waals surface area contributed by atoms with E-state index in [4.69, 9.17) is 5.11 Å². The van der Waals surface area contributed by atoms with Crippen LogP contribution in [0.5, 0.6) is 0 Å². The van der Waals surface area contributed by atoms with Gasteiger partial charge >= 0.3 is 5.97 Å². The lowest BCUT2D eigenvalue weighted by Crippen LogP contribution is -2.07. The lowest BCUT2D eigenvalue weighted by atomic mass is 10.2. The van der Waals surface area contributed by atoms with Gasteiger partial charge in [0.2, 0.25) is 5.91 Å². The molecule has 14 heavy (non-hydrogen) atoms. The second-order valence-electron chi connectivity index (χ2n) is 3.11. The first-order valence-electron chi connectivity index (χ1n) is 4.59. The third-order valence-corrected chi connectivity index (χ3v) is 1.97. The average Bonchev–Trinajstić information content (AvgIpc) is 2.62. The van der Waals surface area contributed by atoms with E-state index >= 15 is 0 Å². The number of aromatic carboxylic acids is 1. The van der Waals surface area contributed by atoms with Crippen molar-refractivity contribution in [3.8, 4) is 0 Å². The molecule has 1 aromatic rings. The predicted octanol–water partition coefficient (Wildman–Crippen LogP) is 2.02. The Balaban J connectivity index is 2.66. The van der Waals surface area contributed by atoms with Crippen LogP contribution in [-0.4, -0.2) is 21.6 Å². The average molecular weight is 195 g/mol. The minimum Gasteiger partial charge on any atom is -0.478 e. The van der Waals surface area contributed by atoms with E-state index in [1.807, 2.05) is 6.92 Å². The Morgan fingerprint density at radius 1 is 1.50 bits per heavy atom. The molecule has 1 heterocycles. The summed E-state index contributed by atoms with van der Waals surface area (Å²) in [4.78, 5) is 21.9. The molecular formula is C10H13NO3. The first kappa shape index (κ1) is 10.5. The van der Waals surface area contributed by atoms with Gasteiger partial charge in [0.1, 0.15) is 0 Å². The fourth-order valence-corrected chi connectivity index (χ4v) is 1.14. The summed E-state index contributed by atoms with van der Waals surface area (Å²) in [6, 6.07) is 1.42. The number of carboxylic acids is 1. The van der Waals surface area contributed by atoms with Crippen molar-refractivity contribution in [2.75, 3.05) is 0 Å². The second kappa shape index (κ2) is 4.60. The monoisotopic (exact) mass is 195 g/mol. The summed E-state index contributed by atoms with van der Waals surface area (Å²) >= 11 is 0. The molecule has 0 aliphatic rings. The molecule has 1 rings (SSSR count). The van der Waals surface area contributed by atoms with Crippen LogP contribution < -0.4 is 0 Å². The van der Waals surface area contributed by atoms with Crippen molar-refractivity contribution in [3.05, 3.63) is 24.0 Å². The third-order valence-electron chi connectivity index (χ3n) is 1.97. The molecule has 0 unspecified atom stereocenters. The number of aromatic nitrogens is 1. The minimum absolute atomic E-state index is 0.0562. The van der Waals surface area contributed by atoms with E-state index in [9.17, 15) is 9.59 Å². The zero-order valence-electron chi connectivity index (χ0n) is 8.06. The molecule has 76 valence electrons. The molecule has 0 aliphatic carbocycles. The van der Waals surface area contributed by atoms with Gasteiger partial charge in [-0.1, -0.05) is 13.3 Å². The van der Waals surface area contributed by atoms with Gasteiger partial charge in [0.15, 0.2) is 0 Å². The van der Waals surface area contributed by atoms with Crippen LogP contribution in [0.15, 0.2) is 18.5 Å². The number of hydrogen-bond donors (Lipinski definition) is 1. The molecule has 1 aromatic heterocycles. The zero-order chi connectivity index (χ0) is 10.6. The number of carbonyl (C=O) groups excluding carboxylic acids is 1. The summed E-state index contributed by atoms with van der Waals surface area (Å²) in [6.07, 6.45) is 5.09. The summed E-state index contributed by atoms with van der Waals surface area (Å²) in [5.41, 5.74) is 0.148. The van der Waals surface area contributed by atoms with Crippen molar-refractivity contribution in [2.24, 2.45) is 0 Å². The normalized spacial score (nSPS) is 10.1. The summed E-state index contributed by atoms with van der Waals surface area (Å²) in [7, 11) is 0. The summed E-state index contributed by atoms with van der Waals surface area (Å²) in [5, 5.41) is 8.63. The van der Waals surface area contributed by atoms with E-state index in [0.29, 0.717) is 6.42 Å². The number of nitrogens with zero attached hydrogens (tertiary/aromatic N) is 1. The van der Waals surface area contributed by atoms with Crippen LogP contribution in [0.2, 0.25) is 0 Å². The van der Waals surface area contributed by atoms with Crippen molar-refractivity contribution in [1.29, 1.82) is 0 Å². The topological polar surface area (TPSA) is 59.3 Å². The van der Waals surface area contributed by atoms with Crippen LogP contribution >= 0.6 is 0 Å². The molecular weight excluding hydrogens is 182 g/mol. The highest BCUT2D eigenvalue weighted by Crippen LogP contribution is 2.04. The molecule has 0 aromatic carbocycles. The molecule has 1 N–H and O–H groups in total. The Bertz CT molecular complexity index is 341. The molecule has 0 bridgehead atoms. The summed E-state index contributed by atoms with van der Waals surface area (Å²) < 4.78 is 1.33. The molecule has 0 aliphatic heterocycles. The highest BCUT2D eigenvalue weighted by atomic mass is 16.4. The van der Waals surface area contributed by atoms with Crippen molar-refractivity contribution < 1.29 is 14.7 Å². The molecule has 0 amide bonds. The van der Waals surface area contributed by atoms with Crippen molar-refractivity contribution >= 4 is 11.9 Å². The first-order valence-corrected chi connectivity index (χ1v) is 4.59. The van der Waals surface area contributed by atoms with Crippen LogP contribution in [0.1, 0.15) is 41.3 Å². The number of carbonyl (C=O) groups is 2. The fourth-order valence-electron chi connectivity index (χ4n) is 1.14. The number of rotatable bonds is 4. The molecule has 0 radical (unpaired) electrons. The van der Waals surface area contributed by atoms with Crippen LogP contribution in [-0.2, 0) is 0 Å². The second-order valence-corrected chi connectivity index (χ2v) is 3.11. The van der Waals surface area contributed by atoms with Gasteiger partial charge in [-0.25, -0.2) is 4.79 Å². The van der Waals surface area contributed by atoms with Crippen molar-refractivity contribution in [2.45, 2.75) is 26.2 Å². The molecule has 4 heteroatoms. The lowest BCUT2D eigenvalue weighted by molar-refractivity contribution is 0.0697. The van der Waals surface area contributed by atoms with Gasteiger partial charge in [0, 0.05) is 18.8 Å². The zero-order valence-corrected chi connectivity index (χ0v) is 8.06. The largest absolute Gasteiger partial charge is 0.478 e. The lowest BCUT2D eigenvalue weighted by Gasteiger charge is -1.99. The van der Waals surface area contributed by atoms with E-state index in [1.54, 1.807) is 0 Å². The Morgan fingerprint density at radius 2 is 2.21 bits per heavy atom.